The van der Waals surface area contributed by atoms with E-state index in [1.165, 1.54) is 6.42 Å². The van der Waals surface area contributed by atoms with E-state index in [1.807, 2.05) is 0 Å². The summed E-state index contributed by atoms with van der Waals surface area (Å²) in [4.78, 5) is 11.2. The molecule has 0 fully saturated rings. The van der Waals surface area contributed by atoms with Crippen molar-refractivity contribution in [1.82, 2.24) is 5.32 Å². The number of hydrogen-bond donors (Lipinski definition) is 2. The summed E-state index contributed by atoms with van der Waals surface area (Å²) in [6.07, 6.45) is -0.848. The van der Waals surface area contributed by atoms with Crippen LogP contribution in [0.5, 0.6) is 0 Å². The summed E-state index contributed by atoms with van der Waals surface area (Å²) in [6, 6.07) is 0. The van der Waals surface area contributed by atoms with Crippen molar-refractivity contribution < 1.29 is 23.1 Å². The Bertz CT molecular complexity index is 232. The maximum atomic E-state index is 11.9. The second-order valence-corrected chi connectivity index (χ2v) is 4.38. The third kappa shape index (κ3) is 9.27. The summed E-state index contributed by atoms with van der Waals surface area (Å²) in [7, 11) is 0. The minimum absolute atomic E-state index is 0.219. The van der Waals surface area contributed by atoms with Crippen LogP contribution in [-0.2, 0) is 4.79 Å². The Labute approximate surface area is 106 Å². The molecule has 0 heterocycles. The molecule has 0 aliphatic heterocycles. The summed E-state index contributed by atoms with van der Waals surface area (Å²) in [5.74, 6) is -0.436. The highest BCUT2D eigenvalue weighted by atomic mass is 19.4. The standard InChI is InChI=1S/C12H22F3NO2/c1-2-3-4-5-6-7-8-11(18)16-9-10(17)12(13,14)15/h10,17H,2-9H2,1H3,(H,16,18). The summed E-state index contributed by atoms with van der Waals surface area (Å²) in [6.45, 7) is 1.34. The van der Waals surface area contributed by atoms with Gasteiger partial charge in [-0.3, -0.25) is 4.79 Å². The van der Waals surface area contributed by atoms with Crippen molar-refractivity contribution in [2.75, 3.05) is 6.54 Å². The van der Waals surface area contributed by atoms with Crippen LogP contribution in [-0.4, -0.2) is 29.8 Å². The van der Waals surface area contributed by atoms with Crippen molar-refractivity contribution in [1.29, 1.82) is 0 Å². The zero-order valence-electron chi connectivity index (χ0n) is 10.7. The Kier molecular flexibility index (Phi) is 8.79. The average molecular weight is 269 g/mol. The zero-order valence-corrected chi connectivity index (χ0v) is 10.7. The second kappa shape index (κ2) is 9.19. The molecule has 0 aliphatic rings. The van der Waals surface area contributed by atoms with Gasteiger partial charge < -0.3 is 10.4 Å². The predicted molar refractivity (Wildman–Crippen MR) is 63.1 cm³/mol. The van der Waals surface area contributed by atoms with Crippen molar-refractivity contribution in [2.24, 2.45) is 0 Å². The zero-order chi connectivity index (χ0) is 14.0. The van der Waals surface area contributed by atoms with Gasteiger partial charge in [0, 0.05) is 6.42 Å². The van der Waals surface area contributed by atoms with E-state index in [9.17, 15) is 18.0 Å². The molecule has 3 nitrogen and oxygen atoms in total. The van der Waals surface area contributed by atoms with Gasteiger partial charge in [0.1, 0.15) is 0 Å². The number of amides is 1. The molecule has 6 heteroatoms. The summed E-state index contributed by atoms with van der Waals surface area (Å²) >= 11 is 0. The smallest absolute Gasteiger partial charge is 0.382 e. The van der Waals surface area contributed by atoms with Gasteiger partial charge in [-0.15, -0.1) is 0 Å². The Balaban J connectivity index is 3.49. The van der Waals surface area contributed by atoms with E-state index in [2.05, 4.69) is 12.2 Å². The first-order valence-corrected chi connectivity index (χ1v) is 6.39. The average Bonchev–Trinajstić information content (AvgIpc) is 2.29. The molecule has 0 rings (SSSR count). The molecule has 0 spiro atoms. The van der Waals surface area contributed by atoms with Crippen LogP contribution in [0, 0.1) is 0 Å². The quantitative estimate of drug-likeness (QED) is 0.632. The fraction of sp³-hybridized carbons (Fsp3) is 0.917. The molecule has 18 heavy (non-hydrogen) atoms. The lowest BCUT2D eigenvalue weighted by Crippen LogP contribution is -2.40. The third-order valence-electron chi connectivity index (χ3n) is 2.63. The molecule has 0 aromatic carbocycles. The van der Waals surface area contributed by atoms with Crippen molar-refractivity contribution in [3.63, 3.8) is 0 Å². The van der Waals surface area contributed by atoms with Crippen molar-refractivity contribution >= 4 is 5.91 Å². The minimum Gasteiger partial charge on any atom is -0.382 e. The van der Waals surface area contributed by atoms with E-state index in [0.717, 1.165) is 25.7 Å². The molecule has 0 radical (unpaired) electrons. The normalized spacial score (nSPS) is 13.4. The first-order chi connectivity index (χ1) is 8.38. The SMILES string of the molecule is CCCCCCCCC(=O)NCC(O)C(F)(F)F. The van der Waals surface area contributed by atoms with Crippen molar-refractivity contribution in [3.8, 4) is 0 Å². The van der Waals surface area contributed by atoms with E-state index in [-0.39, 0.29) is 6.42 Å². The highest BCUT2D eigenvalue weighted by Gasteiger charge is 2.38. The maximum Gasteiger partial charge on any atom is 0.416 e. The minimum atomic E-state index is -4.67. The van der Waals surface area contributed by atoms with Crippen LogP contribution in [0.15, 0.2) is 0 Å². The molecular weight excluding hydrogens is 247 g/mol. The van der Waals surface area contributed by atoms with Gasteiger partial charge in [0.2, 0.25) is 5.91 Å². The van der Waals surface area contributed by atoms with Crippen LogP contribution in [0.3, 0.4) is 0 Å². The van der Waals surface area contributed by atoms with Crippen molar-refractivity contribution in [3.05, 3.63) is 0 Å². The van der Waals surface area contributed by atoms with Gasteiger partial charge in [-0.1, -0.05) is 39.0 Å². The first kappa shape index (κ1) is 17.2. The van der Waals surface area contributed by atoms with Crippen LogP contribution < -0.4 is 5.32 Å². The van der Waals surface area contributed by atoms with Gasteiger partial charge in [-0.25, -0.2) is 0 Å². The number of rotatable bonds is 9. The third-order valence-corrected chi connectivity index (χ3v) is 2.63. The van der Waals surface area contributed by atoms with Crippen LogP contribution in [0.2, 0.25) is 0 Å². The topological polar surface area (TPSA) is 49.3 Å². The second-order valence-electron chi connectivity index (χ2n) is 4.38. The molecule has 1 atom stereocenters. The lowest BCUT2D eigenvalue weighted by atomic mass is 10.1. The molecule has 0 saturated carbocycles. The van der Waals surface area contributed by atoms with Crippen molar-refractivity contribution in [2.45, 2.75) is 64.1 Å². The first-order valence-electron chi connectivity index (χ1n) is 6.39. The van der Waals surface area contributed by atoms with Crippen LogP contribution in [0.4, 0.5) is 13.2 Å². The number of nitrogens with one attached hydrogen (secondary N) is 1. The largest absolute Gasteiger partial charge is 0.416 e. The molecule has 1 amide bonds. The number of alkyl halides is 3. The maximum absolute atomic E-state index is 11.9. The number of carbonyl (C=O) groups excluding carboxylic acids is 1. The summed E-state index contributed by atoms with van der Waals surface area (Å²) < 4.78 is 35.8. The molecule has 0 saturated heterocycles. The molecule has 2 N–H and O–H groups in total. The number of aliphatic hydroxyl groups excluding tert-OH is 1. The van der Waals surface area contributed by atoms with E-state index < -0.39 is 24.7 Å². The van der Waals surface area contributed by atoms with Gasteiger partial charge in [0.25, 0.3) is 0 Å². The number of unbranched alkanes of at least 4 members (excludes halogenated alkanes) is 5. The van der Waals surface area contributed by atoms with Crippen LogP contribution in [0.1, 0.15) is 51.9 Å². The van der Waals surface area contributed by atoms with E-state index in [0.29, 0.717) is 6.42 Å². The highest BCUT2D eigenvalue weighted by Crippen LogP contribution is 2.19. The Hall–Kier alpha value is -0.780. The molecule has 0 aromatic rings. The lowest BCUT2D eigenvalue weighted by molar-refractivity contribution is -0.201. The Morgan fingerprint density at radius 2 is 1.72 bits per heavy atom. The van der Waals surface area contributed by atoms with Gasteiger partial charge in [0.05, 0.1) is 6.54 Å². The predicted octanol–water partition coefficient (Wildman–Crippen LogP) is 2.78. The number of hydrogen-bond acceptors (Lipinski definition) is 2. The van der Waals surface area contributed by atoms with Gasteiger partial charge in [-0.2, -0.15) is 13.2 Å². The molecule has 0 bridgehead atoms. The van der Waals surface area contributed by atoms with Gasteiger partial charge in [-0.05, 0) is 6.42 Å². The molecule has 0 aromatic heterocycles. The van der Waals surface area contributed by atoms with Crippen LogP contribution in [0.25, 0.3) is 0 Å². The Morgan fingerprint density at radius 3 is 2.28 bits per heavy atom. The number of carbonyl (C=O) groups is 1. The molecule has 1 unspecified atom stereocenters. The summed E-state index contributed by atoms with van der Waals surface area (Å²) in [5.41, 5.74) is 0. The van der Waals surface area contributed by atoms with E-state index in [4.69, 9.17) is 5.11 Å². The fourth-order valence-corrected chi connectivity index (χ4v) is 1.48. The van der Waals surface area contributed by atoms with E-state index >= 15 is 0 Å². The lowest BCUT2D eigenvalue weighted by Gasteiger charge is -2.14. The molecular formula is C12H22F3NO2. The number of halogens is 3. The fourth-order valence-electron chi connectivity index (χ4n) is 1.48. The highest BCUT2D eigenvalue weighted by molar-refractivity contribution is 5.75. The summed E-state index contributed by atoms with van der Waals surface area (Å²) in [5, 5.41) is 10.7. The van der Waals surface area contributed by atoms with Gasteiger partial charge in [0.15, 0.2) is 6.10 Å². The molecule has 108 valence electrons. The monoisotopic (exact) mass is 269 g/mol. The van der Waals surface area contributed by atoms with Crippen LogP contribution >= 0.6 is 0 Å². The Morgan fingerprint density at radius 1 is 1.17 bits per heavy atom. The molecule has 0 aliphatic carbocycles. The van der Waals surface area contributed by atoms with Gasteiger partial charge >= 0.3 is 6.18 Å². The van der Waals surface area contributed by atoms with E-state index in [1.54, 1.807) is 0 Å². The number of aliphatic hydroxyl groups is 1.